The lowest BCUT2D eigenvalue weighted by Gasteiger charge is -2.40. The van der Waals surface area contributed by atoms with Crippen LogP contribution in [0.25, 0.3) is 0 Å². The molecule has 0 saturated heterocycles. The number of carbonyl (C=O) groups excluding carboxylic acids is 3. The molecule has 3 N–H and O–H groups in total. The Hall–Kier alpha value is -3.70. The van der Waals surface area contributed by atoms with Crippen molar-refractivity contribution in [2.45, 2.75) is 84.7 Å². The lowest BCUT2D eigenvalue weighted by Crippen LogP contribution is -2.61. The van der Waals surface area contributed by atoms with E-state index in [0.717, 1.165) is 5.56 Å². The van der Waals surface area contributed by atoms with Gasteiger partial charge in [-0.25, -0.2) is 13.1 Å². The molecule has 2 aromatic rings. The third-order valence-electron chi connectivity index (χ3n) is 8.19. The fourth-order valence-electron chi connectivity index (χ4n) is 5.37. The molecule has 0 bridgehead atoms. The average molecular weight is 657 g/mol. The van der Waals surface area contributed by atoms with Crippen LogP contribution in [-0.2, 0) is 35.6 Å². The number of carbonyl (C=O) groups is 3. The number of nitrogens with one attached hydrogen (secondary N) is 3. The molecule has 0 spiro atoms. The average Bonchev–Trinajstić information content (AvgIpc) is 2.97. The Morgan fingerprint density at radius 1 is 0.957 bits per heavy atom. The molecule has 0 aliphatic rings. The van der Waals surface area contributed by atoms with Crippen molar-refractivity contribution in [2.75, 3.05) is 21.2 Å². The van der Waals surface area contributed by atoms with Crippen LogP contribution >= 0.6 is 0 Å². The van der Waals surface area contributed by atoms with Gasteiger partial charge in [-0.1, -0.05) is 97.0 Å². The van der Waals surface area contributed by atoms with Gasteiger partial charge in [-0.2, -0.15) is 0 Å². The maximum absolute atomic E-state index is 14.1. The molecule has 0 unspecified atom stereocenters. The molecule has 46 heavy (non-hydrogen) atoms. The summed E-state index contributed by atoms with van der Waals surface area (Å²) in [7, 11) is 0.977. The molecule has 3 atom stereocenters. The number of benzene rings is 2. The number of hydrogen-bond donors (Lipinski definition) is 3. The van der Waals surface area contributed by atoms with Crippen LogP contribution in [0, 0.1) is 11.3 Å². The highest BCUT2D eigenvalue weighted by Gasteiger charge is 2.41. The van der Waals surface area contributed by atoms with Crippen molar-refractivity contribution in [3.05, 3.63) is 77.4 Å². The number of nitrogens with zero attached hydrogens (tertiary/aromatic N) is 1. The fraction of sp³-hybridized carbons (Fsp3) is 0.514. The summed E-state index contributed by atoms with van der Waals surface area (Å²) >= 11 is 0. The van der Waals surface area contributed by atoms with Crippen LogP contribution in [0.5, 0.6) is 5.75 Å². The first kappa shape index (κ1) is 38.5. The summed E-state index contributed by atoms with van der Waals surface area (Å²) in [6.07, 6.45) is 1.60. The van der Waals surface area contributed by atoms with Crippen molar-refractivity contribution in [3.63, 3.8) is 0 Å². The van der Waals surface area contributed by atoms with Gasteiger partial charge in [-0.15, -0.1) is 0 Å². The maximum atomic E-state index is 14.1. The second-order valence-corrected chi connectivity index (χ2v) is 15.4. The highest BCUT2D eigenvalue weighted by atomic mass is 32.2. The molecule has 0 heterocycles. The first-order valence-electron chi connectivity index (χ1n) is 15.4. The van der Waals surface area contributed by atoms with E-state index in [9.17, 15) is 22.8 Å². The molecule has 0 saturated carbocycles. The maximum Gasteiger partial charge on any atom is 0.260 e. The highest BCUT2D eigenvalue weighted by molar-refractivity contribution is 7.89. The van der Waals surface area contributed by atoms with E-state index in [4.69, 9.17) is 4.74 Å². The Kier molecular flexibility index (Phi) is 13.2. The Balaban J connectivity index is 2.31. The highest BCUT2D eigenvalue weighted by Crippen LogP contribution is 2.31. The van der Waals surface area contributed by atoms with Gasteiger partial charge in [0.2, 0.25) is 21.8 Å². The zero-order valence-corrected chi connectivity index (χ0v) is 29.9. The minimum absolute atomic E-state index is 0.133. The van der Waals surface area contributed by atoms with E-state index >= 15 is 0 Å². The standard InChI is InChI=1S/C35H52N4O6S/c1-23(2)28(20-24(3)31(40)38-46(43,44)22-25-16-13-12-14-17-25)39(10)33(42)30(34(4,5)6)37-32(41)29(36-9)35(7,8)26-18-15-19-27(21-26)45-11/h12-21,23,28-30,36H,22H2,1-11H3,(H,37,41)(H,38,40)/t28-,29+,30-/m1/s1. The minimum atomic E-state index is -3.95. The van der Waals surface area contributed by atoms with Crippen molar-refractivity contribution in [1.29, 1.82) is 0 Å². The molecule has 2 rings (SSSR count). The Labute approximate surface area is 275 Å². The van der Waals surface area contributed by atoms with Gasteiger partial charge >= 0.3 is 0 Å². The molecule has 0 aromatic heterocycles. The number of ether oxygens (including phenoxy) is 1. The van der Waals surface area contributed by atoms with Crippen LogP contribution < -0.4 is 20.1 Å². The smallest absolute Gasteiger partial charge is 0.260 e. The topological polar surface area (TPSA) is 134 Å². The van der Waals surface area contributed by atoms with E-state index in [0.29, 0.717) is 11.3 Å². The van der Waals surface area contributed by atoms with Crippen molar-refractivity contribution < 1.29 is 27.5 Å². The Morgan fingerprint density at radius 2 is 1.57 bits per heavy atom. The number of rotatable bonds is 14. The first-order valence-corrected chi connectivity index (χ1v) is 17.1. The van der Waals surface area contributed by atoms with Crippen LogP contribution in [0.2, 0.25) is 0 Å². The SMILES string of the molecule is CN[C@@H](C(=O)N[C@H](C(=O)N(C)[C@H](C=C(C)C(=O)NS(=O)(=O)Cc1ccccc1)C(C)C)C(C)(C)C)C(C)(C)c1cccc(OC)c1. The number of hydrogen-bond acceptors (Lipinski definition) is 7. The van der Waals surface area contributed by atoms with Crippen molar-refractivity contribution in [2.24, 2.45) is 11.3 Å². The summed E-state index contributed by atoms with van der Waals surface area (Å²) in [5.41, 5.74) is 0.266. The van der Waals surface area contributed by atoms with Crippen LogP contribution in [-0.4, -0.2) is 70.4 Å². The van der Waals surface area contributed by atoms with E-state index in [1.807, 2.05) is 72.7 Å². The molecule has 254 valence electrons. The van der Waals surface area contributed by atoms with Gasteiger partial charge in [0, 0.05) is 18.0 Å². The number of likely N-dealkylation sites (N-methyl/N-ethyl adjacent to an activating group) is 2. The predicted molar refractivity (Wildman–Crippen MR) is 183 cm³/mol. The summed E-state index contributed by atoms with van der Waals surface area (Å²) in [6, 6.07) is 14.0. The Morgan fingerprint density at radius 3 is 2.09 bits per heavy atom. The molecule has 3 amide bonds. The van der Waals surface area contributed by atoms with E-state index in [-0.39, 0.29) is 29.1 Å². The van der Waals surface area contributed by atoms with Crippen molar-refractivity contribution >= 4 is 27.7 Å². The van der Waals surface area contributed by atoms with E-state index in [1.54, 1.807) is 57.6 Å². The van der Waals surface area contributed by atoms with Gasteiger partial charge in [0.25, 0.3) is 5.91 Å². The lowest BCUT2D eigenvalue weighted by atomic mass is 9.76. The molecule has 11 heteroatoms. The molecule has 0 aliphatic carbocycles. The van der Waals surface area contributed by atoms with Crippen LogP contribution in [0.15, 0.2) is 66.2 Å². The molecule has 2 aromatic carbocycles. The second-order valence-electron chi connectivity index (χ2n) is 13.7. The van der Waals surface area contributed by atoms with Crippen LogP contribution in [0.3, 0.4) is 0 Å². The molecule has 0 fully saturated rings. The zero-order valence-electron chi connectivity index (χ0n) is 29.1. The number of amides is 3. The second kappa shape index (κ2) is 15.7. The molecule has 10 nitrogen and oxygen atoms in total. The zero-order chi connectivity index (χ0) is 35.0. The Bertz CT molecular complexity index is 1500. The van der Waals surface area contributed by atoms with Crippen molar-refractivity contribution in [3.8, 4) is 5.75 Å². The van der Waals surface area contributed by atoms with Gasteiger partial charge in [0.15, 0.2) is 0 Å². The van der Waals surface area contributed by atoms with E-state index in [2.05, 4.69) is 15.4 Å². The first-order chi connectivity index (χ1) is 21.2. The monoisotopic (exact) mass is 656 g/mol. The van der Waals surface area contributed by atoms with E-state index < -0.39 is 44.9 Å². The third kappa shape index (κ3) is 10.2. The van der Waals surface area contributed by atoms with Gasteiger partial charge in [0.1, 0.15) is 11.8 Å². The third-order valence-corrected chi connectivity index (χ3v) is 9.40. The molecule has 0 radical (unpaired) electrons. The van der Waals surface area contributed by atoms with Crippen LogP contribution in [0.1, 0.15) is 66.5 Å². The van der Waals surface area contributed by atoms with E-state index in [1.165, 1.54) is 11.8 Å². The summed E-state index contributed by atoms with van der Waals surface area (Å²) in [5, 5.41) is 6.15. The minimum Gasteiger partial charge on any atom is -0.497 e. The number of sulfonamides is 1. The quantitative estimate of drug-likeness (QED) is 0.260. The lowest BCUT2D eigenvalue weighted by molar-refractivity contribution is -0.140. The fourth-order valence-corrected chi connectivity index (χ4v) is 6.52. The summed E-state index contributed by atoms with van der Waals surface area (Å²) in [4.78, 5) is 42.5. The van der Waals surface area contributed by atoms with Crippen molar-refractivity contribution in [1.82, 2.24) is 20.3 Å². The number of methoxy groups -OCH3 is 1. The summed E-state index contributed by atoms with van der Waals surface area (Å²) in [5.74, 6) is -1.24. The summed E-state index contributed by atoms with van der Waals surface area (Å²) < 4.78 is 32.9. The molecule has 0 aliphatic heterocycles. The largest absolute Gasteiger partial charge is 0.497 e. The normalized spacial score (nSPS) is 14.7. The van der Waals surface area contributed by atoms with Gasteiger partial charge in [-0.05, 0) is 48.6 Å². The predicted octanol–water partition coefficient (Wildman–Crippen LogP) is 4.17. The summed E-state index contributed by atoms with van der Waals surface area (Å²) in [6.45, 7) is 14.9. The van der Waals surface area contributed by atoms with Gasteiger partial charge in [-0.3, -0.25) is 14.4 Å². The van der Waals surface area contributed by atoms with Gasteiger partial charge in [0.05, 0.1) is 24.9 Å². The molecular formula is C35H52N4O6S. The van der Waals surface area contributed by atoms with Crippen LogP contribution in [0.4, 0.5) is 0 Å². The molecular weight excluding hydrogens is 604 g/mol. The van der Waals surface area contributed by atoms with Gasteiger partial charge < -0.3 is 20.3 Å².